The van der Waals surface area contributed by atoms with Gasteiger partial charge in [0.2, 0.25) is 0 Å². The highest BCUT2D eigenvalue weighted by atomic mass is 16.1. The topological polar surface area (TPSA) is 64.2 Å². The fourth-order valence-electron chi connectivity index (χ4n) is 2.95. The molecule has 5 heteroatoms. The maximum Gasteiger partial charge on any atom is 0.166 e. The molecule has 0 spiro atoms. The molecule has 1 aromatic carbocycles. The van der Waals surface area contributed by atoms with Gasteiger partial charge in [0, 0.05) is 29.9 Å². The smallest absolute Gasteiger partial charge is 0.166 e. The minimum Gasteiger partial charge on any atom is -0.399 e. The number of hydrogen-bond acceptors (Lipinski definition) is 4. The molecule has 0 atom stereocenters. The van der Waals surface area contributed by atoms with Gasteiger partial charge in [-0.2, -0.15) is 5.10 Å². The minimum atomic E-state index is 0.203. The second-order valence-electron chi connectivity index (χ2n) is 6.10. The highest BCUT2D eigenvalue weighted by molar-refractivity contribution is 6.03. The van der Waals surface area contributed by atoms with Crippen molar-refractivity contribution >= 4 is 11.5 Å². The first-order valence-corrected chi connectivity index (χ1v) is 7.70. The monoisotopic (exact) mass is 298 g/mol. The summed E-state index contributed by atoms with van der Waals surface area (Å²) in [6.45, 7) is 1.70. The van der Waals surface area contributed by atoms with Crippen LogP contribution in [0, 0.1) is 0 Å². The third-order valence-corrected chi connectivity index (χ3v) is 4.07. The average Bonchev–Trinajstić information content (AvgIpc) is 2.85. The molecule has 2 N–H and O–H groups in total. The lowest BCUT2D eigenvalue weighted by Gasteiger charge is -2.15. The molecule has 0 radical (unpaired) electrons. The van der Waals surface area contributed by atoms with E-state index in [4.69, 9.17) is 10.8 Å². The number of likely N-dealkylation sites (N-methyl/N-ethyl adjacent to an activating group) is 1. The van der Waals surface area contributed by atoms with Gasteiger partial charge in [-0.1, -0.05) is 12.1 Å². The number of nitrogens with two attached hydrogens (primary N) is 1. The lowest BCUT2D eigenvalue weighted by molar-refractivity contribution is 0.0972. The highest BCUT2D eigenvalue weighted by Gasteiger charge is 2.27. The van der Waals surface area contributed by atoms with Crippen LogP contribution >= 0.6 is 0 Å². The Labute approximate surface area is 130 Å². The molecule has 1 aliphatic carbocycles. The van der Waals surface area contributed by atoms with Gasteiger partial charge in [-0.05, 0) is 39.1 Å². The van der Waals surface area contributed by atoms with E-state index in [9.17, 15) is 4.79 Å². The number of rotatable bonds is 4. The van der Waals surface area contributed by atoms with E-state index in [2.05, 4.69) is 4.90 Å². The van der Waals surface area contributed by atoms with Crippen LogP contribution in [0.25, 0.3) is 11.3 Å². The number of benzene rings is 1. The Morgan fingerprint density at radius 3 is 2.86 bits per heavy atom. The van der Waals surface area contributed by atoms with Gasteiger partial charge in [0.05, 0.1) is 12.1 Å². The molecule has 0 amide bonds. The molecule has 3 rings (SSSR count). The SMILES string of the molecule is CN(C)CCn1nc(-c2cccc(N)c2)c2c1CCCC2=O. The maximum absolute atomic E-state index is 12.4. The van der Waals surface area contributed by atoms with E-state index >= 15 is 0 Å². The number of aromatic nitrogens is 2. The summed E-state index contributed by atoms with van der Waals surface area (Å²) < 4.78 is 2.00. The molecule has 1 heterocycles. The van der Waals surface area contributed by atoms with Crippen molar-refractivity contribution in [1.29, 1.82) is 0 Å². The average molecular weight is 298 g/mol. The van der Waals surface area contributed by atoms with Crippen LogP contribution in [0.1, 0.15) is 28.9 Å². The van der Waals surface area contributed by atoms with Gasteiger partial charge >= 0.3 is 0 Å². The van der Waals surface area contributed by atoms with E-state index in [-0.39, 0.29) is 5.78 Å². The molecule has 0 bridgehead atoms. The Hall–Kier alpha value is -2.14. The van der Waals surface area contributed by atoms with E-state index in [0.717, 1.165) is 48.4 Å². The maximum atomic E-state index is 12.4. The van der Waals surface area contributed by atoms with Gasteiger partial charge in [0.1, 0.15) is 5.69 Å². The van der Waals surface area contributed by atoms with Crippen molar-refractivity contribution in [2.45, 2.75) is 25.8 Å². The number of nitrogen functional groups attached to an aromatic ring is 1. The molecule has 0 saturated carbocycles. The van der Waals surface area contributed by atoms with Crippen molar-refractivity contribution in [1.82, 2.24) is 14.7 Å². The zero-order chi connectivity index (χ0) is 15.7. The summed E-state index contributed by atoms with van der Waals surface area (Å²) in [6, 6.07) is 7.61. The Balaban J connectivity index is 2.08. The summed E-state index contributed by atoms with van der Waals surface area (Å²) in [5, 5.41) is 4.74. The van der Waals surface area contributed by atoms with Crippen LogP contribution < -0.4 is 5.73 Å². The molecule has 2 aromatic rings. The van der Waals surface area contributed by atoms with Crippen LogP contribution in [-0.4, -0.2) is 41.1 Å². The summed E-state index contributed by atoms with van der Waals surface area (Å²) in [5.41, 5.74) is 10.2. The molecule has 116 valence electrons. The molecule has 0 saturated heterocycles. The minimum absolute atomic E-state index is 0.203. The fourth-order valence-corrected chi connectivity index (χ4v) is 2.95. The molecule has 0 fully saturated rings. The predicted molar refractivity (Wildman–Crippen MR) is 87.9 cm³/mol. The Morgan fingerprint density at radius 2 is 2.14 bits per heavy atom. The second kappa shape index (κ2) is 5.93. The number of carbonyl (C=O) groups excluding carboxylic acids is 1. The summed E-state index contributed by atoms with van der Waals surface area (Å²) in [7, 11) is 4.08. The largest absolute Gasteiger partial charge is 0.399 e. The number of nitrogens with zero attached hydrogens (tertiary/aromatic N) is 3. The van der Waals surface area contributed by atoms with Gasteiger partial charge in [-0.3, -0.25) is 9.48 Å². The van der Waals surface area contributed by atoms with Crippen molar-refractivity contribution in [3.63, 3.8) is 0 Å². The molecule has 1 aliphatic rings. The van der Waals surface area contributed by atoms with Gasteiger partial charge in [0.15, 0.2) is 5.78 Å². The molecular formula is C17H22N4O. The summed E-state index contributed by atoms with van der Waals surface area (Å²) >= 11 is 0. The zero-order valence-electron chi connectivity index (χ0n) is 13.2. The molecule has 22 heavy (non-hydrogen) atoms. The summed E-state index contributed by atoms with van der Waals surface area (Å²) in [6.07, 6.45) is 2.45. The lowest BCUT2D eigenvalue weighted by Crippen LogP contribution is -2.21. The van der Waals surface area contributed by atoms with Gasteiger partial charge in [-0.25, -0.2) is 0 Å². The van der Waals surface area contributed by atoms with E-state index in [0.29, 0.717) is 12.1 Å². The fraction of sp³-hybridized carbons (Fsp3) is 0.412. The number of Topliss-reactive ketones (excluding diaryl/α,β-unsaturated/α-hetero) is 1. The van der Waals surface area contributed by atoms with Crippen LogP contribution in [0.15, 0.2) is 24.3 Å². The van der Waals surface area contributed by atoms with E-state index in [1.807, 2.05) is 43.0 Å². The van der Waals surface area contributed by atoms with Crippen LogP contribution in [-0.2, 0) is 13.0 Å². The normalized spacial score (nSPS) is 14.4. The van der Waals surface area contributed by atoms with Gasteiger partial charge in [-0.15, -0.1) is 0 Å². The van der Waals surface area contributed by atoms with E-state index in [1.54, 1.807) is 0 Å². The van der Waals surface area contributed by atoms with Crippen molar-refractivity contribution in [2.24, 2.45) is 0 Å². The van der Waals surface area contributed by atoms with Crippen molar-refractivity contribution in [3.8, 4) is 11.3 Å². The van der Waals surface area contributed by atoms with Crippen LogP contribution in [0.3, 0.4) is 0 Å². The van der Waals surface area contributed by atoms with Crippen LogP contribution in [0.4, 0.5) is 5.69 Å². The number of ketones is 1. The first-order chi connectivity index (χ1) is 10.6. The molecule has 1 aromatic heterocycles. The van der Waals surface area contributed by atoms with Gasteiger partial charge in [0.25, 0.3) is 0 Å². The van der Waals surface area contributed by atoms with Gasteiger partial charge < -0.3 is 10.6 Å². The third-order valence-electron chi connectivity index (χ3n) is 4.07. The Kier molecular flexibility index (Phi) is 3.98. The number of hydrogen-bond donors (Lipinski definition) is 1. The second-order valence-corrected chi connectivity index (χ2v) is 6.10. The van der Waals surface area contributed by atoms with E-state index in [1.165, 1.54) is 0 Å². The number of carbonyl (C=O) groups is 1. The zero-order valence-corrected chi connectivity index (χ0v) is 13.2. The van der Waals surface area contributed by atoms with Crippen LogP contribution in [0.2, 0.25) is 0 Å². The van der Waals surface area contributed by atoms with Crippen LogP contribution in [0.5, 0.6) is 0 Å². The Bertz CT molecular complexity index is 703. The highest BCUT2D eigenvalue weighted by Crippen LogP contribution is 2.31. The quantitative estimate of drug-likeness (QED) is 0.879. The molecule has 5 nitrogen and oxygen atoms in total. The summed E-state index contributed by atoms with van der Waals surface area (Å²) in [4.78, 5) is 14.5. The molecule has 0 unspecified atom stereocenters. The van der Waals surface area contributed by atoms with E-state index < -0.39 is 0 Å². The third kappa shape index (κ3) is 2.76. The first-order valence-electron chi connectivity index (χ1n) is 7.70. The molecule has 0 aliphatic heterocycles. The van der Waals surface area contributed by atoms with Crippen molar-refractivity contribution < 1.29 is 4.79 Å². The number of anilines is 1. The molecular weight excluding hydrogens is 276 g/mol. The predicted octanol–water partition coefficient (Wildman–Crippen LogP) is 2.21. The lowest BCUT2D eigenvalue weighted by atomic mass is 9.92. The van der Waals surface area contributed by atoms with Crippen molar-refractivity contribution in [2.75, 3.05) is 26.4 Å². The number of fused-ring (bicyclic) bond motifs is 1. The first kappa shape index (κ1) is 14.8. The summed E-state index contributed by atoms with van der Waals surface area (Å²) in [5.74, 6) is 0.203. The van der Waals surface area contributed by atoms with Crippen molar-refractivity contribution in [3.05, 3.63) is 35.5 Å². The standard InChI is InChI=1S/C17H22N4O/c1-20(2)9-10-21-14-7-4-8-15(22)16(14)17(19-21)12-5-3-6-13(18)11-12/h3,5-6,11H,4,7-10,18H2,1-2H3. The Morgan fingerprint density at radius 1 is 1.32 bits per heavy atom.